The zero-order chi connectivity index (χ0) is 5.58. The van der Waals surface area contributed by atoms with Gasteiger partial charge in [-0.05, 0) is 0 Å². The highest BCUT2D eigenvalue weighted by atomic mass is 16.9. The molecule has 6 heavy (non-hydrogen) atoms. The summed E-state index contributed by atoms with van der Waals surface area (Å²) in [6, 6.07) is 0. The maximum atomic E-state index is 8.25. The average molecular weight is 91.0 g/mol. The van der Waals surface area contributed by atoms with Crippen LogP contribution in [0.5, 0.6) is 0 Å². The lowest BCUT2D eigenvalue weighted by atomic mass is 13.1. The highest BCUT2D eigenvalue weighted by Gasteiger charge is 1.45. The molecule has 1 N–H and O–H groups in total. The molecule has 0 aromatic heterocycles. The Kier molecular flexibility index (Phi) is 13.9. The van der Waals surface area contributed by atoms with Gasteiger partial charge in [0.15, 0.2) is 0 Å². The van der Waals surface area contributed by atoms with Crippen molar-refractivity contribution in [3.8, 4) is 0 Å². The summed E-state index contributed by atoms with van der Waals surface area (Å²) in [5.74, 6) is 0. The Morgan fingerprint density at radius 3 is 1.50 bits per heavy atom. The minimum atomic E-state index is -1.75. The van der Waals surface area contributed by atoms with Crippen molar-refractivity contribution in [3.05, 3.63) is 15.3 Å². The molecule has 0 atom stereocenters. The molecule has 0 spiro atoms. The lowest BCUT2D eigenvalue weighted by Crippen LogP contribution is -2.11. The highest BCUT2D eigenvalue weighted by Crippen LogP contribution is 1.44. The van der Waals surface area contributed by atoms with Gasteiger partial charge in [0.1, 0.15) is 0 Å². The van der Waals surface area contributed by atoms with E-state index < -0.39 is 5.09 Å². The van der Waals surface area contributed by atoms with E-state index in [1.54, 1.807) is 0 Å². The molecule has 0 rings (SSSR count). The highest BCUT2D eigenvalue weighted by molar-refractivity contribution is 4.03. The van der Waals surface area contributed by atoms with Gasteiger partial charge in [-0.1, -0.05) is 0 Å². The number of diazo groups is 1. The van der Waals surface area contributed by atoms with Gasteiger partial charge in [0.2, 0.25) is 5.39 Å². The minimum absolute atomic E-state index is 1.75. The van der Waals surface area contributed by atoms with Crippen LogP contribution in [-0.4, -0.2) is 5.09 Å². The van der Waals surface area contributed by atoms with E-state index in [-0.39, 0.29) is 0 Å². The zero-order valence-electron chi connectivity index (χ0n) is 2.62. The van der Waals surface area contributed by atoms with Gasteiger partial charge in [-0.15, -0.1) is 0 Å². The molecule has 0 aromatic carbocycles. The van der Waals surface area contributed by atoms with Crippen LogP contribution in [0, 0.1) is 20.7 Å². The van der Waals surface area contributed by atoms with Crippen LogP contribution in [0.3, 0.4) is 0 Å². The fourth-order valence-corrected chi connectivity index (χ4v) is 0. The van der Waals surface area contributed by atoms with Crippen molar-refractivity contribution in [2.45, 2.75) is 0 Å². The molecule has 0 aliphatic carbocycles. The Hall–Kier alpha value is -1.38. The largest absolute Gasteiger partial charge is 0.356 e. The lowest BCUT2D eigenvalue weighted by molar-refractivity contribution is -0.402. The molecule has 0 aliphatic heterocycles. The van der Waals surface area contributed by atoms with Crippen molar-refractivity contribution in [1.29, 1.82) is 5.39 Å². The van der Waals surface area contributed by atoms with Crippen LogP contribution in [0.1, 0.15) is 0 Å². The van der Waals surface area contributed by atoms with E-state index in [9.17, 15) is 0 Å². The number of hydrogen-bond acceptors (Lipinski definition) is 4. The molecule has 0 fully saturated rings. The van der Waals surface area contributed by atoms with Crippen molar-refractivity contribution in [3.63, 3.8) is 0 Å². The first kappa shape index (κ1) is 8.82. The molecule has 34 valence electrons. The van der Waals surface area contributed by atoms with Gasteiger partial charge in [-0.2, -0.15) is 0 Å². The monoisotopic (exact) mass is 91.0 g/mol. The fraction of sp³-hybridized carbons (Fsp3) is 0. The van der Waals surface area contributed by atoms with Gasteiger partial charge in [0.25, 0.3) is 0 Å². The maximum Gasteiger partial charge on any atom is 0.212 e. The SMILES string of the molecule is N#[NH+].O=[N+]([O-])[O-]. The second-order valence-electron chi connectivity index (χ2n) is 0.224. The van der Waals surface area contributed by atoms with Crippen molar-refractivity contribution in [2.75, 3.05) is 0 Å². The summed E-state index contributed by atoms with van der Waals surface area (Å²) >= 11 is 0. The van der Waals surface area contributed by atoms with Gasteiger partial charge < -0.3 is 15.3 Å². The predicted molar refractivity (Wildman–Crippen MR) is 13.0 cm³/mol. The fourth-order valence-electron chi connectivity index (χ4n) is 0. The summed E-state index contributed by atoms with van der Waals surface area (Å²) in [5.41, 5.74) is 0. The second kappa shape index (κ2) is 9.47. The minimum Gasteiger partial charge on any atom is -0.356 e. The first-order chi connectivity index (χ1) is 2.73. The third-order valence-corrected chi connectivity index (χ3v) is 0. The normalized spacial score (nSPS) is 4.33. The van der Waals surface area contributed by atoms with E-state index in [4.69, 9.17) is 26.1 Å². The van der Waals surface area contributed by atoms with Crippen molar-refractivity contribution >= 4 is 0 Å². The number of hydrogen-bond donors (Lipinski definition) is 1. The number of nitrogens with one attached hydrogen (secondary N) is 1. The molecule has 6 heteroatoms. The van der Waals surface area contributed by atoms with Crippen LogP contribution < -0.4 is 5.39 Å². The number of rotatable bonds is 0. The maximum absolute atomic E-state index is 8.25. The van der Waals surface area contributed by atoms with E-state index in [1.165, 1.54) is 0 Å². The van der Waals surface area contributed by atoms with E-state index in [1.807, 2.05) is 0 Å². The van der Waals surface area contributed by atoms with Crippen molar-refractivity contribution < 1.29 is 10.5 Å². The van der Waals surface area contributed by atoms with E-state index in [2.05, 4.69) is 0 Å². The molecule has 0 bridgehead atoms. The summed E-state index contributed by atoms with van der Waals surface area (Å²) in [7, 11) is 0. The average Bonchev–Trinajstić information content (AvgIpc) is 1.41. The summed E-state index contributed by atoms with van der Waals surface area (Å²) < 4.78 is 0. The first-order valence-corrected chi connectivity index (χ1v) is 0.771. The Labute approximate surface area is 32.5 Å². The molecule has 0 saturated carbocycles. The van der Waals surface area contributed by atoms with Crippen molar-refractivity contribution in [1.82, 2.24) is 0 Å². The smallest absolute Gasteiger partial charge is 0.212 e. The third-order valence-electron chi connectivity index (χ3n) is 0. The molecule has 0 heterocycles. The van der Waals surface area contributed by atoms with Crippen LogP contribution in [0.4, 0.5) is 0 Å². The van der Waals surface area contributed by atoms with Crippen LogP contribution >= 0.6 is 0 Å². The molecule has 0 unspecified atom stereocenters. The quantitative estimate of drug-likeness (QED) is 0.212. The number of nitrogens with zero attached hydrogens (tertiary/aromatic N) is 2. The van der Waals surface area contributed by atoms with Gasteiger partial charge in [-0.25, -0.2) is 0 Å². The Morgan fingerprint density at radius 2 is 1.50 bits per heavy atom. The van der Waals surface area contributed by atoms with Crippen molar-refractivity contribution in [2.24, 2.45) is 0 Å². The standard InChI is InChI=1S/N2.NO3/c1-2;2-1(3)4/q;-1/p+1. The topological polar surface area (TPSA) is 114 Å². The second-order valence-corrected chi connectivity index (χ2v) is 0.224. The summed E-state index contributed by atoms with van der Waals surface area (Å²) in [6.07, 6.45) is 0. The summed E-state index contributed by atoms with van der Waals surface area (Å²) in [6.45, 7) is 0. The molecule has 0 saturated heterocycles. The molecule has 0 aromatic rings. The molecule has 0 radical (unpaired) electrons. The van der Waals surface area contributed by atoms with Gasteiger partial charge in [0.05, 0.1) is 10.5 Å². The van der Waals surface area contributed by atoms with Crippen LogP contribution in [-0.2, 0) is 0 Å². The van der Waals surface area contributed by atoms with E-state index >= 15 is 0 Å². The van der Waals surface area contributed by atoms with Crippen LogP contribution in [0.2, 0.25) is 0 Å². The zero-order valence-corrected chi connectivity index (χ0v) is 2.62. The van der Waals surface area contributed by atoms with E-state index in [0.717, 1.165) is 0 Å². The Bertz CT molecular complexity index is 50.3. The molecule has 0 aliphatic rings. The first-order valence-electron chi connectivity index (χ1n) is 0.771. The van der Waals surface area contributed by atoms with Gasteiger partial charge in [-0.3, -0.25) is 0 Å². The molecular weight excluding hydrogens is 90.0 g/mol. The molecular formula is HN3O3. The third kappa shape index (κ3) is 3.61. The molecule has 0 amide bonds. The molecule has 6 nitrogen and oxygen atoms in total. The van der Waals surface area contributed by atoms with E-state index in [0.29, 0.717) is 0 Å². The van der Waals surface area contributed by atoms with Gasteiger partial charge in [0, 0.05) is 0 Å². The summed E-state index contributed by atoms with van der Waals surface area (Å²) in [4.78, 5) is 8.25. The van der Waals surface area contributed by atoms with Crippen LogP contribution in [0.25, 0.3) is 0 Å². The summed E-state index contributed by atoms with van der Waals surface area (Å²) in [5, 5.41) is 25.8. The lowest BCUT2D eigenvalue weighted by Gasteiger charge is -1.74. The predicted octanol–water partition coefficient (Wildman–Crippen LogP) is -1.96. The Morgan fingerprint density at radius 1 is 1.50 bits per heavy atom. The Balaban J connectivity index is 0. The van der Waals surface area contributed by atoms with Crippen LogP contribution in [0.15, 0.2) is 0 Å². The van der Waals surface area contributed by atoms with Gasteiger partial charge >= 0.3 is 0 Å².